The topological polar surface area (TPSA) is 21.3 Å². The molecule has 0 bridgehead atoms. The minimum Gasteiger partial charge on any atom is -0.464 e. The van der Waals surface area contributed by atoms with Gasteiger partial charge in [-0.25, -0.2) is 0 Å². The molecule has 1 unspecified atom stereocenters. The Morgan fingerprint density at radius 3 is 2.60 bits per heavy atom. The van der Waals surface area contributed by atoms with Crippen LogP contribution in [0.5, 0.6) is 5.75 Å². The Hall–Kier alpha value is -2.42. The fraction of sp³-hybridized carbons (Fsp3) is 0.0588. The fourth-order valence-electron chi connectivity index (χ4n) is 2.62. The predicted molar refractivity (Wildman–Crippen MR) is 82.8 cm³/mol. The highest BCUT2D eigenvalue weighted by Gasteiger charge is 2.24. The lowest BCUT2D eigenvalue weighted by Gasteiger charge is -2.11. The van der Waals surface area contributed by atoms with Gasteiger partial charge in [-0.05, 0) is 11.5 Å². The van der Waals surface area contributed by atoms with E-state index in [1.54, 1.807) is 0 Å². The lowest BCUT2D eigenvalue weighted by Crippen LogP contribution is -2.09. The molecular formula is C17H12BNO. The van der Waals surface area contributed by atoms with Gasteiger partial charge in [0.15, 0.2) is 12.0 Å². The van der Waals surface area contributed by atoms with Gasteiger partial charge in [0.1, 0.15) is 7.85 Å². The highest BCUT2D eigenvalue weighted by molar-refractivity contribution is 6.33. The number of fused-ring (bicyclic) bond motifs is 3. The molecule has 2 radical (unpaired) electrons. The van der Waals surface area contributed by atoms with Gasteiger partial charge in [0.2, 0.25) is 0 Å². The van der Waals surface area contributed by atoms with Crippen molar-refractivity contribution in [2.75, 3.05) is 5.32 Å². The van der Waals surface area contributed by atoms with Crippen molar-refractivity contribution in [2.24, 2.45) is 0 Å². The summed E-state index contributed by atoms with van der Waals surface area (Å²) < 4.78 is 6.09. The van der Waals surface area contributed by atoms with Crippen LogP contribution in [0.2, 0.25) is 0 Å². The van der Waals surface area contributed by atoms with Gasteiger partial charge in [-0.1, -0.05) is 60.1 Å². The van der Waals surface area contributed by atoms with Gasteiger partial charge in [0, 0.05) is 10.9 Å². The molecule has 0 saturated heterocycles. The van der Waals surface area contributed by atoms with E-state index in [0.717, 1.165) is 33.2 Å². The zero-order valence-electron chi connectivity index (χ0n) is 10.8. The van der Waals surface area contributed by atoms with Crippen LogP contribution in [0, 0.1) is 0 Å². The van der Waals surface area contributed by atoms with Crippen LogP contribution >= 0.6 is 0 Å². The highest BCUT2D eigenvalue weighted by atomic mass is 16.5. The molecule has 3 heteroatoms. The number of ether oxygens (including phenoxy) is 1. The second-order valence-electron chi connectivity index (χ2n) is 4.98. The van der Waals surface area contributed by atoms with Crippen LogP contribution in [0.25, 0.3) is 10.8 Å². The first-order valence-electron chi connectivity index (χ1n) is 6.62. The molecule has 1 atom stereocenters. The molecular weight excluding hydrogens is 245 g/mol. The summed E-state index contributed by atoms with van der Waals surface area (Å²) in [7, 11) is 5.89. The molecule has 0 aromatic heterocycles. The number of hydrogen-bond acceptors (Lipinski definition) is 2. The van der Waals surface area contributed by atoms with Crippen molar-refractivity contribution in [3.8, 4) is 5.75 Å². The second-order valence-corrected chi connectivity index (χ2v) is 4.98. The summed E-state index contributed by atoms with van der Waals surface area (Å²) in [5.74, 6) is 0.878. The maximum absolute atomic E-state index is 6.09. The summed E-state index contributed by atoms with van der Waals surface area (Å²) in [4.78, 5) is 0. The minimum absolute atomic E-state index is 0.141. The summed E-state index contributed by atoms with van der Waals surface area (Å²) in [6, 6.07) is 20.2. The molecule has 3 aromatic carbocycles. The summed E-state index contributed by atoms with van der Waals surface area (Å²) in [5, 5.41) is 5.58. The zero-order chi connectivity index (χ0) is 13.5. The normalized spacial score (nSPS) is 16.5. The van der Waals surface area contributed by atoms with E-state index in [4.69, 9.17) is 12.6 Å². The molecule has 3 aromatic rings. The van der Waals surface area contributed by atoms with Gasteiger partial charge in [0.25, 0.3) is 0 Å². The van der Waals surface area contributed by atoms with Gasteiger partial charge in [-0.3, -0.25) is 0 Å². The Labute approximate surface area is 118 Å². The van der Waals surface area contributed by atoms with Gasteiger partial charge in [0.05, 0.1) is 5.69 Å². The third-order valence-corrected chi connectivity index (χ3v) is 3.62. The van der Waals surface area contributed by atoms with E-state index < -0.39 is 0 Å². The third-order valence-electron chi connectivity index (χ3n) is 3.62. The first-order chi connectivity index (χ1) is 9.81. The summed E-state index contributed by atoms with van der Waals surface area (Å²) in [6.45, 7) is 0. The Morgan fingerprint density at radius 2 is 1.75 bits per heavy atom. The molecule has 20 heavy (non-hydrogen) atoms. The molecule has 94 valence electrons. The van der Waals surface area contributed by atoms with E-state index in [1.807, 2.05) is 36.4 Å². The Balaban J connectivity index is 1.81. The molecule has 1 heterocycles. The van der Waals surface area contributed by atoms with E-state index in [9.17, 15) is 0 Å². The molecule has 0 saturated carbocycles. The van der Waals surface area contributed by atoms with Gasteiger partial charge < -0.3 is 10.1 Å². The van der Waals surface area contributed by atoms with Crippen molar-refractivity contribution in [2.45, 2.75) is 6.23 Å². The van der Waals surface area contributed by atoms with Crippen LogP contribution in [0.1, 0.15) is 11.8 Å². The van der Waals surface area contributed by atoms with E-state index in [2.05, 4.69) is 29.6 Å². The quantitative estimate of drug-likeness (QED) is 0.676. The summed E-state index contributed by atoms with van der Waals surface area (Å²) >= 11 is 0. The van der Waals surface area contributed by atoms with Crippen molar-refractivity contribution in [3.05, 3.63) is 66.2 Å². The number of hydrogen-bond donors (Lipinski definition) is 1. The fourth-order valence-corrected chi connectivity index (χ4v) is 2.62. The average Bonchev–Trinajstić information content (AvgIpc) is 2.93. The largest absolute Gasteiger partial charge is 0.464 e. The SMILES string of the molecule is [B]c1ccc2ccc3c(c2c1)OC(c1ccccc1)N3. The van der Waals surface area contributed by atoms with Crippen LogP contribution < -0.4 is 15.5 Å². The smallest absolute Gasteiger partial charge is 0.196 e. The molecule has 2 nitrogen and oxygen atoms in total. The van der Waals surface area contributed by atoms with E-state index in [1.165, 1.54) is 0 Å². The Morgan fingerprint density at radius 1 is 0.950 bits per heavy atom. The maximum Gasteiger partial charge on any atom is 0.196 e. The number of rotatable bonds is 1. The molecule has 0 spiro atoms. The highest BCUT2D eigenvalue weighted by Crippen LogP contribution is 2.42. The summed E-state index contributed by atoms with van der Waals surface area (Å²) in [6.07, 6.45) is -0.141. The van der Waals surface area contributed by atoms with Crippen molar-refractivity contribution >= 4 is 29.8 Å². The minimum atomic E-state index is -0.141. The van der Waals surface area contributed by atoms with Crippen molar-refractivity contribution in [1.82, 2.24) is 0 Å². The van der Waals surface area contributed by atoms with Crippen molar-refractivity contribution in [3.63, 3.8) is 0 Å². The van der Waals surface area contributed by atoms with Crippen molar-refractivity contribution < 1.29 is 4.74 Å². The van der Waals surface area contributed by atoms with E-state index in [-0.39, 0.29) is 6.23 Å². The molecule has 1 N–H and O–H groups in total. The van der Waals surface area contributed by atoms with Crippen LogP contribution in [0.4, 0.5) is 5.69 Å². The number of nitrogens with one attached hydrogen (secondary N) is 1. The monoisotopic (exact) mass is 257 g/mol. The van der Waals surface area contributed by atoms with Crippen LogP contribution in [-0.4, -0.2) is 7.85 Å². The lowest BCUT2D eigenvalue weighted by molar-refractivity contribution is 0.262. The summed E-state index contributed by atoms with van der Waals surface area (Å²) in [5.41, 5.74) is 2.87. The molecule has 1 aliphatic heterocycles. The Kier molecular flexibility index (Phi) is 2.46. The second kappa shape index (κ2) is 4.31. The van der Waals surface area contributed by atoms with Crippen molar-refractivity contribution in [1.29, 1.82) is 0 Å². The standard InChI is InChI=1S/C17H12BNO/c18-13-8-6-11-7-9-15-16(14(11)10-13)20-17(19-15)12-4-2-1-3-5-12/h1-10,17,19H. The van der Waals surface area contributed by atoms with Gasteiger partial charge >= 0.3 is 0 Å². The van der Waals surface area contributed by atoms with Crippen LogP contribution in [-0.2, 0) is 0 Å². The Bertz CT molecular complexity index is 786. The van der Waals surface area contributed by atoms with E-state index in [0.29, 0.717) is 0 Å². The average molecular weight is 257 g/mol. The lowest BCUT2D eigenvalue weighted by atomic mass is 9.93. The number of benzene rings is 3. The predicted octanol–water partition coefficient (Wildman–Crippen LogP) is 3.14. The van der Waals surface area contributed by atoms with Crippen LogP contribution in [0.15, 0.2) is 60.7 Å². The third kappa shape index (κ3) is 1.75. The molecule has 4 rings (SSSR count). The maximum atomic E-state index is 6.09. The molecule has 1 aliphatic rings. The zero-order valence-corrected chi connectivity index (χ0v) is 10.8. The molecule has 0 amide bonds. The van der Waals surface area contributed by atoms with E-state index >= 15 is 0 Å². The number of anilines is 1. The first-order valence-corrected chi connectivity index (χ1v) is 6.62. The van der Waals surface area contributed by atoms with Crippen LogP contribution in [0.3, 0.4) is 0 Å². The molecule has 0 aliphatic carbocycles. The van der Waals surface area contributed by atoms with Gasteiger partial charge in [-0.15, -0.1) is 0 Å². The molecule has 0 fully saturated rings. The van der Waals surface area contributed by atoms with Gasteiger partial charge in [-0.2, -0.15) is 0 Å². The first kappa shape index (κ1) is 11.4.